The van der Waals surface area contributed by atoms with E-state index in [0.717, 1.165) is 17.1 Å². The highest BCUT2D eigenvalue weighted by molar-refractivity contribution is 7.99. The Balaban J connectivity index is 1.52. The number of carbonyl (C=O) groups excluding carboxylic acids is 1. The summed E-state index contributed by atoms with van der Waals surface area (Å²) in [5.41, 5.74) is 0.791. The predicted octanol–water partition coefficient (Wildman–Crippen LogP) is 4.97. The molecule has 0 radical (unpaired) electrons. The maximum absolute atomic E-state index is 13.7. The number of thioether (sulfide) groups is 1. The molecule has 2 amide bonds. The van der Waals surface area contributed by atoms with Crippen LogP contribution in [0, 0.1) is 11.7 Å². The monoisotopic (exact) mass is 428 g/mol. The van der Waals surface area contributed by atoms with Gasteiger partial charge < -0.3 is 15.7 Å². The van der Waals surface area contributed by atoms with Crippen molar-refractivity contribution >= 4 is 46.7 Å². The van der Waals surface area contributed by atoms with Crippen molar-refractivity contribution in [3.05, 3.63) is 59.9 Å². The van der Waals surface area contributed by atoms with Crippen molar-refractivity contribution in [3.8, 4) is 0 Å². The van der Waals surface area contributed by atoms with Gasteiger partial charge in [-0.3, -0.25) is 0 Å². The van der Waals surface area contributed by atoms with Crippen LogP contribution in [-0.2, 0) is 0 Å². The standard InChI is InChI=1S/C19H19Cl2FN2O2S/c20-19(21)9-12(19)11-27-17-8-4-3-7-15(17)24-18(26)23-10-16(25)13-5-1-2-6-14(13)22/h1-8,12,16,25H,9-11H2,(H2,23,24,26). The minimum absolute atomic E-state index is 0.106. The Bertz CT molecular complexity index is 822. The van der Waals surface area contributed by atoms with E-state index < -0.39 is 22.3 Å². The number of urea groups is 1. The first-order valence-electron chi connectivity index (χ1n) is 8.44. The third-order valence-electron chi connectivity index (χ3n) is 4.25. The predicted molar refractivity (Wildman–Crippen MR) is 108 cm³/mol. The Hall–Kier alpha value is -1.47. The first-order valence-corrected chi connectivity index (χ1v) is 10.2. The fraction of sp³-hybridized carbons (Fsp3) is 0.316. The zero-order valence-corrected chi connectivity index (χ0v) is 16.6. The van der Waals surface area contributed by atoms with Gasteiger partial charge in [0, 0.05) is 28.7 Å². The Morgan fingerprint density at radius 2 is 1.93 bits per heavy atom. The molecule has 3 rings (SSSR count). The maximum Gasteiger partial charge on any atom is 0.319 e. The van der Waals surface area contributed by atoms with Crippen molar-refractivity contribution in [1.29, 1.82) is 0 Å². The van der Waals surface area contributed by atoms with Gasteiger partial charge in [-0.25, -0.2) is 9.18 Å². The second-order valence-electron chi connectivity index (χ2n) is 6.34. The molecule has 1 fully saturated rings. The summed E-state index contributed by atoms with van der Waals surface area (Å²) in [6.07, 6.45) is -0.357. The first-order chi connectivity index (χ1) is 12.9. The van der Waals surface area contributed by atoms with Crippen LogP contribution >= 0.6 is 35.0 Å². The van der Waals surface area contributed by atoms with Crippen LogP contribution in [0.2, 0.25) is 0 Å². The van der Waals surface area contributed by atoms with Crippen LogP contribution < -0.4 is 10.6 Å². The number of hydrogen-bond donors (Lipinski definition) is 3. The summed E-state index contributed by atoms with van der Waals surface area (Å²) in [7, 11) is 0. The van der Waals surface area contributed by atoms with Gasteiger partial charge in [-0.05, 0) is 24.6 Å². The van der Waals surface area contributed by atoms with Gasteiger partial charge in [0.1, 0.15) is 10.2 Å². The fourth-order valence-electron chi connectivity index (χ4n) is 2.55. The van der Waals surface area contributed by atoms with Crippen LogP contribution in [0.3, 0.4) is 0 Å². The SMILES string of the molecule is O=C(NCC(O)c1ccccc1F)Nc1ccccc1SCC1CC1(Cl)Cl. The summed E-state index contributed by atoms with van der Waals surface area (Å²) < 4.78 is 13.0. The Morgan fingerprint density at radius 1 is 1.26 bits per heavy atom. The lowest BCUT2D eigenvalue weighted by atomic mass is 10.1. The number of alkyl halides is 2. The molecule has 3 N–H and O–H groups in total. The molecule has 2 aromatic carbocycles. The van der Waals surface area contributed by atoms with Gasteiger partial charge in [0.05, 0.1) is 11.8 Å². The first kappa shape index (κ1) is 20.3. The molecule has 1 saturated carbocycles. The number of nitrogens with one attached hydrogen (secondary N) is 2. The highest BCUT2D eigenvalue weighted by Gasteiger charge is 2.51. The molecule has 2 atom stereocenters. The molecule has 8 heteroatoms. The Kier molecular flexibility index (Phi) is 6.52. The quantitative estimate of drug-likeness (QED) is 0.431. The zero-order chi connectivity index (χ0) is 19.4. The molecule has 27 heavy (non-hydrogen) atoms. The lowest BCUT2D eigenvalue weighted by molar-refractivity contribution is 0.170. The van der Waals surface area contributed by atoms with Gasteiger partial charge in [-0.2, -0.15) is 0 Å². The maximum atomic E-state index is 13.7. The molecule has 1 aliphatic rings. The van der Waals surface area contributed by atoms with E-state index in [1.165, 1.54) is 12.1 Å². The average Bonchev–Trinajstić information content (AvgIpc) is 3.26. The van der Waals surface area contributed by atoms with Crippen LogP contribution in [0.15, 0.2) is 53.4 Å². The van der Waals surface area contributed by atoms with Crippen molar-refractivity contribution in [2.24, 2.45) is 5.92 Å². The number of aliphatic hydroxyl groups excluding tert-OH is 1. The number of carbonyl (C=O) groups is 1. The molecule has 0 saturated heterocycles. The minimum Gasteiger partial charge on any atom is -0.386 e. The number of anilines is 1. The number of para-hydroxylation sites is 1. The third-order valence-corrected chi connectivity index (χ3v) is 6.41. The summed E-state index contributed by atoms with van der Waals surface area (Å²) >= 11 is 13.7. The Labute approximate surface area is 171 Å². The van der Waals surface area contributed by atoms with Crippen LogP contribution in [0.4, 0.5) is 14.9 Å². The molecular weight excluding hydrogens is 410 g/mol. The van der Waals surface area contributed by atoms with Gasteiger partial charge >= 0.3 is 6.03 Å². The largest absolute Gasteiger partial charge is 0.386 e. The molecule has 2 unspecified atom stereocenters. The van der Waals surface area contributed by atoms with E-state index in [1.807, 2.05) is 18.2 Å². The highest BCUT2D eigenvalue weighted by Crippen LogP contribution is 2.55. The fourth-order valence-corrected chi connectivity index (χ4v) is 4.49. The van der Waals surface area contributed by atoms with Crippen LogP contribution in [-0.4, -0.2) is 27.8 Å². The van der Waals surface area contributed by atoms with E-state index in [9.17, 15) is 14.3 Å². The van der Waals surface area contributed by atoms with Crippen molar-refractivity contribution in [1.82, 2.24) is 5.32 Å². The highest BCUT2D eigenvalue weighted by atomic mass is 35.5. The Morgan fingerprint density at radius 3 is 2.63 bits per heavy atom. The van der Waals surface area contributed by atoms with E-state index in [2.05, 4.69) is 10.6 Å². The van der Waals surface area contributed by atoms with Crippen molar-refractivity contribution in [2.45, 2.75) is 21.8 Å². The number of rotatable bonds is 7. The number of hydrogen-bond acceptors (Lipinski definition) is 3. The lowest BCUT2D eigenvalue weighted by Crippen LogP contribution is -2.32. The van der Waals surface area contributed by atoms with E-state index in [1.54, 1.807) is 30.0 Å². The van der Waals surface area contributed by atoms with Crippen LogP contribution in [0.5, 0.6) is 0 Å². The summed E-state index contributed by atoms with van der Waals surface area (Å²) in [5.74, 6) is 0.492. The lowest BCUT2D eigenvalue weighted by Gasteiger charge is -2.15. The van der Waals surface area contributed by atoms with E-state index >= 15 is 0 Å². The van der Waals surface area contributed by atoms with Gasteiger partial charge in [-0.15, -0.1) is 35.0 Å². The van der Waals surface area contributed by atoms with Gasteiger partial charge in [0.2, 0.25) is 0 Å². The molecule has 4 nitrogen and oxygen atoms in total. The van der Waals surface area contributed by atoms with Gasteiger partial charge in [-0.1, -0.05) is 30.3 Å². The second kappa shape index (κ2) is 8.69. The topological polar surface area (TPSA) is 61.4 Å². The number of benzene rings is 2. The third kappa shape index (κ3) is 5.51. The summed E-state index contributed by atoms with van der Waals surface area (Å²) in [4.78, 5) is 13.1. The molecule has 144 valence electrons. The van der Waals surface area contributed by atoms with Gasteiger partial charge in [0.25, 0.3) is 0 Å². The van der Waals surface area contributed by atoms with Gasteiger partial charge in [0.15, 0.2) is 0 Å². The summed E-state index contributed by atoms with van der Waals surface area (Å²) in [5, 5.41) is 15.4. The van der Waals surface area contributed by atoms with E-state index in [0.29, 0.717) is 5.69 Å². The molecule has 0 spiro atoms. The average molecular weight is 429 g/mol. The molecule has 0 aliphatic heterocycles. The molecule has 0 aromatic heterocycles. The van der Waals surface area contributed by atoms with Crippen LogP contribution in [0.1, 0.15) is 18.1 Å². The van der Waals surface area contributed by atoms with Crippen molar-refractivity contribution in [2.75, 3.05) is 17.6 Å². The van der Waals surface area contributed by atoms with Crippen molar-refractivity contribution < 1.29 is 14.3 Å². The number of aliphatic hydroxyl groups is 1. The van der Waals surface area contributed by atoms with E-state index in [4.69, 9.17) is 23.2 Å². The minimum atomic E-state index is -1.13. The summed E-state index contributed by atoms with van der Waals surface area (Å²) in [6.45, 7) is -0.106. The number of amides is 2. The summed E-state index contributed by atoms with van der Waals surface area (Å²) in [6, 6.07) is 12.8. The smallest absolute Gasteiger partial charge is 0.319 e. The van der Waals surface area contributed by atoms with Crippen LogP contribution in [0.25, 0.3) is 0 Å². The molecule has 0 heterocycles. The molecule has 0 bridgehead atoms. The molecular formula is C19H19Cl2FN2O2S. The van der Waals surface area contributed by atoms with Crippen molar-refractivity contribution in [3.63, 3.8) is 0 Å². The normalized spacial score (nSPS) is 18.6. The number of halogens is 3. The molecule has 2 aromatic rings. The zero-order valence-electron chi connectivity index (χ0n) is 14.3. The van der Waals surface area contributed by atoms with E-state index in [-0.39, 0.29) is 18.0 Å². The second-order valence-corrected chi connectivity index (χ2v) is 8.95. The molecule has 1 aliphatic carbocycles.